The Balaban J connectivity index is 2.33. The third kappa shape index (κ3) is 8.89. The van der Waals surface area contributed by atoms with Crippen LogP contribution in [0.2, 0.25) is 0 Å². The number of nitrogens with one attached hydrogen (secondary N) is 2. The summed E-state index contributed by atoms with van der Waals surface area (Å²) in [6, 6.07) is 0.377. The normalized spacial score (nSPS) is 17.5. The highest BCUT2D eigenvalue weighted by Gasteiger charge is 2.25. The van der Waals surface area contributed by atoms with Gasteiger partial charge in [-0.1, -0.05) is 19.8 Å². The van der Waals surface area contributed by atoms with E-state index >= 15 is 0 Å². The molecule has 0 radical (unpaired) electrons. The number of carbonyl (C=O) groups excluding carboxylic acids is 1. The third-order valence-electron chi connectivity index (χ3n) is 3.91. The average molecular weight is 331 g/mol. The minimum atomic E-state index is -0.433. The molecular weight excluding hydrogens is 296 g/mol. The van der Waals surface area contributed by atoms with E-state index in [0.29, 0.717) is 18.5 Å². The fraction of sp³-hybridized carbons (Fsp3) is 0.941. The highest BCUT2D eigenvalue weighted by atomic mass is 32.2. The van der Waals surface area contributed by atoms with E-state index in [9.17, 15) is 4.79 Å². The number of hydrogen-bond acceptors (Lipinski definition) is 4. The number of rotatable bonds is 9. The van der Waals surface area contributed by atoms with E-state index in [-0.39, 0.29) is 6.09 Å². The Labute approximate surface area is 140 Å². The first-order valence-electron chi connectivity index (χ1n) is 8.70. The van der Waals surface area contributed by atoms with Crippen LogP contribution in [0, 0.1) is 5.92 Å². The van der Waals surface area contributed by atoms with Crippen LogP contribution >= 0.6 is 11.8 Å². The molecule has 0 aromatic heterocycles. The van der Waals surface area contributed by atoms with E-state index in [0.717, 1.165) is 6.54 Å². The van der Waals surface area contributed by atoms with Crippen LogP contribution in [0.25, 0.3) is 0 Å². The van der Waals surface area contributed by atoms with E-state index in [4.69, 9.17) is 4.74 Å². The second kappa shape index (κ2) is 10.4. The van der Waals surface area contributed by atoms with E-state index in [1.165, 1.54) is 43.6 Å². The quantitative estimate of drug-likeness (QED) is 0.631. The molecule has 0 saturated heterocycles. The number of ether oxygens (including phenoxy) is 1. The Kier molecular flexibility index (Phi) is 9.25. The molecule has 0 heterocycles. The van der Waals surface area contributed by atoms with Gasteiger partial charge in [0.1, 0.15) is 5.60 Å². The Morgan fingerprint density at radius 3 is 2.59 bits per heavy atom. The number of alkyl carbamates (subject to hydrolysis) is 1. The standard InChI is InChI=1S/C17H34N2O2S/c1-5-22-12-8-11-18-15(14-9-6-7-10-14)13-19-16(20)21-17(2,3)4/h14-15,18H,5-13H2,1-4H3,(H,19,20). The zero-order valence-corrected chi connectivity index (χ0v) is 15.6. The van der Waals surface area contributed by atoms with Crippen LogP contribution in [0.3, 0.4) is 0 Å². The van der Waals surface area contributed by atoms with Crippen molar-refractivity contribution in [2.45, 2.75) is 71.4 Å². The molecule has 0 bridgehead atoms. The van der Waals surface area contributed by atoms with Crippen molar-refractivity contribution in [1.82, 2.24) is 10.6 Å². The van der Waals surface area contributed by atoms with Crippen LogP contribution in [0.1, 0.15) is 59.8 Å². The first kappa shape index (κ1) is 19.6. The van der Waals surface area contributed by atoms with E-state index in [2.05, 4.69) is 17.6 Å². The number of amides is 1. The van der Waals surface area contributed by atoms with Crippen molar-refractivity contribution in [1.29, 1.82) is 0 Å². The summed E-state index contributed by atoms with van der Waals surface area (Å²) >= 11 is 1.99. The molecule has 1 aliphatic carbocycles. The van der Waals surface area contributed by atoms with Crippen molar-refractivity contribution in [3.63, 3.8) is 0 Å². The smallest absolute Gasteiger partial charge is 0.407 e. The molecule has 1 fully saturated rings. The van der Waals surface area contributed by atoms with Gasteiger partial charge in [0.05, 0.1) is 0 Å². The summed E-state index contributed by atoms with van der Waals surface area (Å²) in [5.41, 5.74) is -0.433. The highest BCUT2D eigenvalue weighted by Crippen LogP contribution is 2.27. The van der Waals surface area contributed by atoms with E-state index in [1.807, 2.05) is 32.5 Å². The van der Waals surface area contributed by atoms with Gasteiger partial charge >= 0.3 is 6.09 Å². The van der Waals surface area contributed by atoms with Gasteiger partial charge in [-0.2, -0.15) is 11.8 Å². The van der Waals surface area contributed by atoms with E-state index in [1.54, 1.807) is 0 Å². The van der Waals surface area contributed by atoms with Crippen molar-refractivity contribution in [3.05, 3.63) is 0 Å². The highest BCUT2D eigenvalue weighted by molar-refractivity contribution is 7.99. The number of carbonyl (C=O) groups is 1. The maximum absolute atomic E-state index is 11.8. The Hall–Kier alpha value is -0.420. The monoisotopic (exact) mass is 330 g/mol. The van der Waals surface area contributed by atoms with Crippen molar-refractivity contribution >= 4 is 17.9 Å². The summed E-state index contributed by atoms with van der Waals surface area (Å²) < 4.78 is 5.33. The first-order valence-corrected chi connectivity index (χ1v) is 9.86. The number of thioether (sulfide) groups is 1. The van der Waals surface area contributed by atoms with Gasteiger partial charge in [0.2, 0.25) is 0 Å². The van der Waals surface area contributed by atoms with Crippen molar-refractivity contribution < 1.29 is 9.53 Å². The van der Waals surface area contributed by atoms with Gasteiger partial charge in [-0.05, 0) is 64.0 Å². The molecule has 0 aromatic carbocycles. The largest absolute Gasteiger partial charge is 0.444 e. The summed E-state index contributed by atoms with van der Waals surface area (Å²) in [6.07, 6.45) is 6.07. The van der Waals surface area contributed by atoms with Crippen molar-refractivity contribution in [2.75, 3.05) is 24.6 Å². The molecule has 1 rings (SSSR count). The molecule has 0 spiro atoms. The molecule has 2 N–H and O–H groups in total. The second-order valence-electron chi connectivity index (χ2n) is 7.04. The number of hydrogen-bond donors (Lipinski definition) is 2. The second-order valence-corrected chi connectivity index (χ2v) is 8.43. The van der Waals surface area contributed by atoms with Gasteiger partial charge in [0.15, 0.2) is 0 Å². The lowest BCUT2D eigenvalue weighted by Crippen LogP contribution is -2.46. The van der Waals surface area contributed by atoms with Crippen molar-refractivity contribution in [2.24, 2.45) is 5.92 Å². The molecule has 22 heavy (non-hydrogen) atoms. The van der Waals surface area contributed by atoms with Crippen LogP contribution in [0.15, 0.2) is 0 Å². The van der Waals surface area contributed by atoms with Gasteiger partial charge in [-0.15, -0.1) is 0 Å². The first-order chi connectivity index (χ1) is 10.4. The topological polar surface area (TPSA) is 50.4 Å². The summed E-state index contributed by atoms with van der Waals surface area (Å²) in [7, 11) is 0. The molecule has 5 heteroatoms. The minimum absolute atomic E-state index is 0.307. The minimum Gasteiger partial charge on any atom is -0.444 e. The fourth-order valence-electron chi connectivity index (χ4n) is 2.88. The zero-order valence-electron chi connectivity index (χ0n) is 14.7. The van der Waals surface area contributed by atoms with E-state index < -0.39 is 5.60 Å². The predicted molar refractivity (Wildman–Crippen MR) is 95.6 cm³/mol. The average Bonchev–Trinajstić information content (AvgIpc) is 2.93. The van der Waals surface area contributed by atoms with Crippen LogP contribution in [-0.2, 0) is 4.74 Å². The molecule has 1 saturated carbocycles. The third-order valence-corrected chi connectivity index (χ3v) is 4.90. The summed E-state index contributed by atoms with van der Waals surface area (Å²) in [4.78, 5) is 11.8. The molecular formula is C17H34N2O2S. The molecule has 1 atom stereocenters. The molecule has 1 unspecified atom stereocenters. The predicted octanol–water partition coefficient (Wildman–Crippen LogP) is 3.80. The zero-order chi connectivity index (χ0) is 16.4. The Morgan fingerprint density at radius 2 is 2.00 bits per heavy atom. The van der Waals surface area contributed by atoms with Gasteiger partial charge in [-0.25, -0.2) is 4.79 Å². The lowest BCUT2D eigenvalue weighted by atomic mass is 9.98. The lowest BCUT2D eigenvalue weighted by Gasteiger charge is -2.26. The summed E-state index contributed by atoms with van der Waals surface area (Å²) in [6.45, 7) is 9.58. The molecule has 130 valence electrons. The fourth-order valence-corrected chi connectivity index (χ4v) is 3.52. The molecule has 1 aliphatic rings. The SMILES string of the molecule is CCSCCCNC(CNC(=O)OC(C)(C)C)C1CCCC1. The molecule has 0 aliphatic heterocycles. The van der Waals surface area contributed by atoms with Gasteiger partial charge in [-0.3, -0.25) is 0 Å². The van der Waals surface area contributed by atoms with Gasteiger partial charge in [0, 0.05) is 12.6 Å². The van der Waals surface area contributed by atoms with Crippen LogP contribution in [0.4, 0.5) is 4.79 Å². The molecule has 1 amide bonds. The van der Waals surface area contributed by atoms with Crippen LogP contribution in [0.5, 0.6) is 0 Å². The maximum Gasteiger partial charge on any atom is 0.407 e. The van der Waals surface area contributed by atoms with Crippen molar-refractivity contribution in [3.8, 4) is 0 Å². The summed E-state index contributed by atoms with van der Waals surface area (Å²) in [5, 5.41) is 6.59. The van der Waals surface area contributed by atoms with Gasteiger partial charge in [0.25, 0.3) is 0 Å². The lowest BCUT2D eigenvalue weighted by molar-refractivity contribution is 0.0518. The Morgan fingerprint density at radius 1 is 1.32 bits per heavy atom. The maximum atomic E-state index is 11.8. The summed E-state index contributed by atoms with van der Waals surface area (Å²) in [5.74, 6) is 3.08. The molecule has 4 nitrogen and oxygen atoms in total. The Bertz CT molecular complexity index is 312. The van der Waals surface area contributed by atoms with Crippen LogP contribution < -0.4 is 10.6 Å². The van der Waals surface area contributed by atoms with Crippen LogP contribution in [-0.4, -0.2) is 42.3 Å². The molecule has 0 aromatic rings. The van der Waals surface area contributed by atoms with Gasteiger partial charge < -0.3 is 15.4 Å².